The average Bonchev–Trinajstić information content (AvgIpc) is 3.02. The van der Waals surface area contributed by atoms with Gasteiger partial charge in [-0.2, -0.15) is 4.98 Å². The highest BCUT2D eigenvalue weighted by Gasteiger charge is 2.15. The number of halogens is 1. The molecule has 5 nitrogen and oxygen atoms in total. The summed E-state index contributed by atoms with van der Waals surface area (Å²) < 4.78 is 23.2. The molecule has 20 heavy (non-hydrogen) atoms. The van der Waals surface area contributed by atoms with E-state index in [0.717, 1.165) is 17.0 Å². The van der Waals surface area contributed by atoms with E-state index >= 15 is 0 Å². The van der Waals surface area contributed by atoms with Gasteiger partial charge in [0.15, 0.2) is 0 Å². The first kappa shape index (κ1) is 12.5. The SMILES string of the molecule is Cc1noc(C)c1Cc1nc(-c2ccc(F)cc2)no1. The molecule has 0 spiro atoms. The highest BCUT2D eigenvalue weighted by atomic mass is 19.1. The molecule has 0 radical (unpaired) electrons. The van der Waals surface area contributed by atoms with Crippen LogP contribution in [0.3, 0.4) is 0 Å². The first-order valence-corrected chi connectivity index (χ1v) is 6.14. The fourth-order valence-corrected chi connectivity index (χ4v) is 1.95. The van der Waals surface area contributed by atoms with E-state index in [1.54, 1.807) is 12.1 Å². The molecule has 1 aromatic carbocycles. The van der Waals surface area contributed by atoms with E-state index in [1.807, 2.05) is 13.8 Å². The van der Waals surface area contributed by atoms with Gasteiger partial charge in [-0.3, -0.25) is 0 Å². The molecule has 0 aliphatic rings. The molecule has 0 saturated carbocycles. The summed E-state index contributed by atoms with van der Waals surface area (Å²) in [5.74, 6) is 1.35. The van der Waals surface area contributed by atoms with E-state index in [9.17, 15) is 4.39 Å². The predicted octanol–water partition coefficient (Wildman–Crippen LogP) is 3.07. The van der Waals surface area contributed by atoms with Gasteiger partial charge in [-0.25, -0.2) is 4.39 Å². The minimum absolute atomic E-state index is 0.298. The van der Waals surface area contributed by atoms with Crippen molar-refractivity contribution in [3.8, 4) is 11.4 Å². The zero-order valence-corrected chi connectivity index (χ0v) is 11.1. The van der Waals surface area contributed by atoms with Gasteiger partial charge in [-0.15, -0.1) is 0 Å². The van der Waals surface area contributed by atoms with E-state index in [1.165, 1.54) is 12.1 Å². The lowest BCUT2D eigenvalue weighted by molar-refractivity contribution is 0.381. The van der Waals surface area contributed by atoms with Crippen LogP contribution in [-0.4, -0.2) is 15.3 Å². The predicted molar refractivity (Wildman–Crippen MR) is 68.5 cm³/mol. The van der Waals surface area contributed by atoms with Gasteiger partial charge in [0.25, 0.3) is 0 Å². The van der Waals surface area contributed by atoms with E-state index in [2.05, 4.69) is 15.3 Å². The minimum Gasteiger partial charge on any atom is -0.361 e. The molecule has 0 aliphatic carbocycles. The third-order valence-electron chi connectivity index (χ3n) is 3.08. The maximum atomic E-state index is 12.9. The summed E-state index contributed by atoms with van der Waals surface area (Å²) in [5.41, 5.74) is 2.46. The molecular weight excluding hydrogens is 261 g/mol. The monoisotopic (exact) mass is 273 g/mol. The Morgan fingerprint density at radius 3 is 2.45 bits per heavy atom. The lowest BCUT2D eigenvalue weighted by Crippen LogP contribution is -1.91. The van der Waals surface area contributed by atoms with E-state index in [4.69, 9.17) is 9.05 Å². The van der Waals surface area contributed by atoms with Gasteiger partial charge < -0.3 is 9.05 Å². The van der Waals surface area contributed by atoms with Crippen molar-refractivity contribution in [2.24, 2.45) is 0 Å². The van der Waals surface area contributed by atoms with Crippen molar-refractivity contribution in [1.29, 1.82) is 0 Å². The summed E-state index contributed by atoms with van der Waals surface area (Å²) in [5, 5.41) is 7.78. The van der Waals surface area contributed by atoms with E-state index in [-0.39, 0.29) is 5.82 Å². The van der Waals surface area contributed by atoms with Crippen LogP contribution in [0.4, 0.5) is 4.39 Å². The van der Waals surface area contributed by atoms with Crippen molar-refractivity contribution in [3.05, 3.63) is 53.0 Å². The quantitative estimate of drug-likeness (QED) is 0.733. The first-order valence-electron chi connectivity index (χ1n) is 6.14. The Bertz CT molecular complexity index is 712. The molecule has 0 fully saturated rings. The van der Waals surface area contributed by atoms with Crippen LogP contribution in [0.1, 0.15) is 22.9 Å². The van der Waals surface area contributed by atoms with Gasteiger partial charge in [0.05, 0.1) is 12.1 Å². The van der Waals surface area contributed by atoms with Crippen LogP contribution in [-0.2, 0) is 6.42 Å². The van der Waals surface area contributed by atoms with Crippen molar-refractivity contribution in [2.45, 2.75) is 20.3 Å². The Hall–Kier alpha value is -2.50. The smallest absolute Gasteiger partial charge is 0.231 e. The van der Waals surface area contributed by atoms with Crippen molar-refractivity contribution in [3.63, 3.8) is 0 Å². The summed E-state index contributed by atoms with van der Waals surface area (Å²) in [7, 11) is 0. The maximum absolute atomic E-state index is 12.9. The Balaban J connectivity index is 1.85. The lowest BCUT2D eigenvalue weighted by atomic mass is 10.1. The van der Waals surface area contributed by atoms with Crippen molar-refractivity contribution in [1.82, 2.24) is 15.3 Å². The number of hydrogen-bond donors (Lipinski definition) is 0. The molecule has 3 aromatic rings. The second kappa shape index (κ2) is 4.88. The Morgan fingerprint density at radius 1 is 1.05 bits per heavy atom. The van der Waals surface area contributed by atoms with Gasteiger partial charge in [0.2, 0.25) is 11.7 Å². The van der Waals surface area contributed by atoms with Crippen LogP contribution in [0.15, 0.2) is 33.3 Å². The van der Waals surface area contributed by atoms with Crippen LogP contribution in [0.5, 0.6) is 0 Å². The van der Waals surface area contributed by atoms with Crippen LogP contribution in [0.25, 0.3) is 11.4 Å². The number of rotatable bonds is 3. The van der Waals surface area contributed by atoms with Gasteiger partial charge >= 0.3 is 0 Å². The summed E-state index contributed by atoms with van der Waals surface area (Å²) in [6.45, 7) is 3.70. The third kappa shape index (κ3) is 2.32. The highest BCUT2D eigenvalue weighted by Crippen LogP contribution is 2.20. The van der Waals surface area contributed by atoms with Crippen molar-refractivity contribution in [2.75, 3.05) is 0 Å². The number of aromatic nitrogens is 3. The Kier molecular flexibility index (Phi) is 3.06. The molecule has 0 saturated heterocycles. The Labute approximate surface area is 114 Å². The number of benzene rings is 1. The number of hydrogen-bond acceptors (Lipinski definition) is 5. The summed E-state index contributed by atoms with van der Waals surface area (Å²) in [6.07, 6.45) is 0.468. The third-order valence-corrected chi connectivity index (χ3v) is 3.08. The molecule has 2 heterocycles. The second-order valence-corrected chi connectivity index (χ2v) is 4.50. The standard InChI is InChI=1S/C14H12FN3O2/c1-8-12(9(2)19-17-8)7-13-16-14(18-20-13)10-3-5-11(15)6-4-10/h3-6H,7H2,1-2H3. The molecule has 6 heteroatoms. The largest absolute Gasteiger partial charge is 0.361 e. The van der Waals surface area contributed by atoms with Crippen LogP contribution >= 0.6 is 0 Å². The average molecular weight is 273 g/mol. The first-order chi connectivity index (χ1) is 9.63. The van der Waals surface area contributed by atoms with Crippen molar-refractivity contribution < 1.29 is 13.4 Å². The molecule has 102 valence electrons. The van der Waals surface area contributed by atoms with Gasteiger partial charge in [0.1, 0.15) is 11.6 Å². The molecule has 0 unspecified atom stereocenters. The molecule has 0 amide bonds. The van der Waals surface area contributed by atoms with Crippen LogP contribution in [0, 0.1) is 19.7 Å². The fraction of sp³-hybridized carbons (Fsp3) is 0.214. The van der Waals surface area contributed by atoms with Crippen molar-refractivity contribution >= 4 is 0 Å². The molecule has 0 bridgehead atoms. The second-order valence-electron chi connectivity index (χ2n) is 4.50. The fourth-order valence-electron chi connectivity index (χ4n) is 1.95. The molecule has 0 N–H and O–H groups in total. The van der Waals surface area contributed by atoms with Gasteiger partial charge in [-0.1, -0.05) is 10.3 Å². The molecule has 3 rings (SSSR count). The maximum Gasteiger partial charge on any atom is 0.231 e. The van der Waals surface area contributed by atoms with Crippen LogP contribution < -0.4 is 0 Å². The molecular formula is C14H12FN3O2. The highest BCUT2D eigenvalue weighted by molar-refractivity contribution is 5.53. The van der Waals surface area contributed by atoms with E-state index < -0.39 is 0 Å². The zero-order valence-electron chi connectivity index (χ0n) is 11.1. The normalized spacial score (nSPS) is 10.9. The Morgan fingerprint density at radius 2 is 1.80 bits per heavy atom. The molecule has 0 atom stereocenters. The number of nitrogens with zero attached hydrogens (tertiary/aromatic N) is 3. The zero-order chi connectivity index (χ0) is 14.1. The number of aryl methyl sites for hydroxylation is 2. The van der Waals surface area contributed by atoms with Gasteiger partial charge in [0, 0.05) is 11.1 Å². The minimum atomic E-state index is -0.298. The van der Waals surface area contributed by atoms with Crippen LogP contribution in [0.2, 0.25) is 0 Å². The summed E-state index contributed by atoms with van der Waals surface area (Å²) in [4.78, 5) is 4.30. The van der Waals surface area contributed by atoms with Gasteiger partial charge in [-0.05, 0) is 38.1 Å². The topological polar surface area (TPSA) is 65.0 Å². The summed E-state index contributed by atoms with van der Waals surface area (Å²) >= 11 is 0. The molecule has 2 aromatic heterocycles. The lowest BCUT2D eigenvalue weighted by Gasteiger charge is -1.94. The summed E-state index contributed by atoms with van der Waals surface area (Å²) in [6, 6.07) is 5.94. The molecule has 0 aliphatic heterocycles. The van der Waals surface area contributed by atoms with E-state index in [0.29, 0.717) is 23.7 Å².